The van der Waals surface area contributed by atoms with Gasteiger partial charge in [0.05, 0.1) is 11.3 Å². The molecule has 18 heavy (non-hydrogen) atoms. The molecule has 1 heterocycles. The normalized spacial score (nSPS) is 10.1. The number of hydrogen-bond donors (Lipinski definition) is 2. The molecule has 3 nitrogen and oxygen atoms in total. The Morgan fingerprint density at radius 1 is 1.28 bits per heavy atom. The van der Waals surface area contributed by atoms with Crippen molar-refractivity contribution in [1.82, 2.24) is 4.98 Å². The predicted octanol–water partition coefficient (Wildman–Crippen LogP) is 2.74. The van der Waals surface area contributed by atoms with Crippen molar-refractivity contribution in [1.29, 1.82) is 0 Å². The number of hydrogen-bond acceptors (Lipinski definition) is 3. The average Bonchev–Trinajstić information content (AvgIpc) is 2.33. The summed E-state index contributed by atoms with van der Waals surface area (Å²) in [5, 5.41) is 2.73. The molecule has 2 rings (SSSR count). The van der Waals surface area contributed by atoms with E-state index in [1.165, 1.54) is 12.3 Å². The standard InChI is InChI=1S/C12H9F2N3S/c13-7-3-4-10(9(14)6-7)17-12-8(11(15)18)2-1-5-16-12/h1-6H,(H2,15,18)(H,16,17). The Balaban J connectivity index is 2.37. The maximum Gasteiger partial charge on any atom is 0.149 e. The third-order valence-electron chi connectivity index (χ3n) is 2.26. The van der Waals surface area contributed by atoms with Crippen LogP contribution in [0.25, 0.3) is 0 Å². The maximum atomic E-state index is 13.5. The monoisotopic (exact) mass is 265 g/mol. The Bertz CT molecular complexity index is 602. The first-order valence-electron chi connectivity index (χ1n) is 5.05. The first-order valence-corrected chi connectivity index (χ1v) is 5.45. The molecule has 0 aliphatic rings. The summed E-state index contributed by atoms with van der Waals surface area (Å²) < 4.78 is 26.2. The molecule has 0 aliphatic carbocycles. The SMILES string of the molecule is NC(=S)c1cccnc1Nc1ccc(F)cc1F. The van der Waals surface area contributed by atoms with Crippen molar-refractivity contribution in [3.63, 3.8) is 0 Å². The number of thiocarbonyl (C=S) groups is 1. The summed E-state index contributed by atoms with van der Waals surface area (Å²) >= 11 is 4.86. The number of nitrogens with one attached hydrogen (secondary N) is 1. The predicted molar refractivity (Wildman–Crippen MR) is 69.8 cm³/mol. The van der Waals surface area contributed by atoms with Gasteiger partial charge in [-0.1, -0.05) is 12.2 Å². The molecule has 0 saturated carbocycles. The lowest BCUT2D eigenvalue weighted by atomic mass is 10.2. The Morgan fingerprint density at radius 2 is 2.06 bits per heavy atom. The Morgan fingerprint density at radius 3 is 2.72 bits per heavy atom. The molecule has 0 atom stereocenters. The smallest absolute Gasteiger partial charge is 0.149 e. The highest BCUT2D eigenvalue weighted by atomic mass is 32.1. The molecule has 3 N–H and O–H groups in total. The molecule has 1 aromatic carbocycles. The Hall–Kier alpha value is -2.08. The second kappa shape index (κ2) is 5.05. The minimum Gasteiger partial charge on any atom is -0.389 e. The van der Waals surface area contributed by atoms with Crippen LogP contribution in [-0.4, -0.2) is 9.97 Å². The third-order valence-corrected chi connectivity index (χ3v) is 2.48. The van der Waals surface area contributed by atoms with Gasteiger partial charge >= 0.3 is 0 Å². The highest BCUT2D eigenvalue weighted by Gasteiger charge is 2.09. The summed E-state index contributed by atoms with van der Waals surface area (Å²) in [5.41, 5.74) is 6.13. The molecule has 0 aliphatic heterocycles. The second-order valence-corrected chi connectivity index (χ2v) is 3.95. The second-order valence-electron chi connectivity index (χ2n) is 3.51. The average molecular weight is 265 g/mol. The molecule has 2 aromatic rings. The third kappa shape index (κ3) is 2.60. The first kappa shape index (κ1) is 12.4. The van der Waals surface area contributed by atoms with Crippen molar-refractivity contribution in [2.45, 2.75) is 0 Å². The van der Waals surface area contributed by atoms with E-state index in [9.17, 15) is 8.78 Å². The molecule has 1 aromatic heterocycles. The number of pyridine rings is 1. The molecule has 92 valence electrons. The van der Waals surface area contributed by atoms with Crippen LogP contribution in [0.1, 0.15) is 5.56 Å². The maximum absolute atomic E-state index is 13.5. The van der Waals surface area contributed by atoms with Crippen molar-refractivity contribution in [2.75, 3.05) is 5.32 Å². The van der Waals surface area contributed by atoms with Crippen molar-refractivity contribution >= 4 is 28.7 Å². The van der Waals surface area contributed by atoms with Crippen molar-refractivity contribution in [2.24, 2.45) is 5.73 Å². The van der Waals surface area contributed by atoms with Gasteiger partial charge in [0, 0.05) is 12.3 Å². The molecule has 0 fully saturated rings. The molecule has 0 amide bonds. The molecule has 0 bridgehead atoms. The lowest BCUT2D eigenvalue weighted by molar-refractivity contribution is 0.586. The summed E-state index contributed by atoms with van der Waals surface area (Å²) in [6.45, 7) is 0. The van der Waals surface area contributed by atoms with E-state index in [0.29, 0.717) is 11.4 Å². The summed E-state index contributed by atoms with van der Waals surface area (Å²) in [6.07, 6.45) is 1.52. The Kier molecular flexibility index (Phi) is 3.47. The summed E-state index contributed by atoms with van der Waals surface area (Å²) in [4.78, 5) is 4.17. The van der Waals surface area contributed by atoms with Crippen molar-refractivity contribution < 1.29 is 8.78 Å². The molecular formula is C12H9F2N3S. The van der Waals surface area contributed by atoms with Crippen molar-refractivity contribution in [3.8, 4) is 0 Å². The van der Waals surface area contributed by atoms with Gasteiger partial charge in [-0.15, -0.1) is 0 Å². The van der Waals surface area contributed by atoms with Crippen LogP contribution in [-0.2, 0) is 0 Å². The molecule has 6 heteroatoms. The highest BCUT2D eigenvalue weighted by Crippen LogP contribution is 2.21. The topological polar surface area (TPSA) is 50.9 Å². The first-order chi connectivity index (χ1) is 8.58. The van der Waals surface area contributed by atoms with Gasteiger partial charge < -0.3 is 11.1 Å². The van der Waals surface area contributed by atoms with Gasteiger partial charge in [-0.2, -0.15) is 0 Å². The zero-order valence-corrected chi connectivity index (χ0v) is 9.97. The van der Waals surface area contributed by atoms with E-state index in [-0.39, 0.29) is 10.7 Å². The van der Waals surface area contributed by atoms with Gasteiger partial charge in [0.1, 0.15) is 22.4 Å². The highest BCUT2D eigenvalue weighted by molar-refractivity contribution is 7.80. The zero-order valence-electron chi connectivity index (χ0n) is 9.15. The summed E-state index contributed by atoms with van der Waals surface area (Å²) in [6, 6.07) is 6.54. The number of aromatic nitrogens is 1. The van der Waals surface area contributed by atoms with Gasteiger partial charge in [-0.25, -0.2) is 13.8 Å². The number of anilines is 2. The van der Waals surface area contributed by atoms with Gasteiger partial charge in [0.15, 0.2) is 0 Å². The number of nitrogens with zero attached hydrogens (tertiary/aromatic N) is 1. The fourth-order valence-electron chi connectivity index (χ4n) is 1.42. The number of halogens is 2. The van der Waals surface area contributed by atoms with Crippen LogP contribution >= 0.6 is 12.2 Å². The van der Waals surface area contributed by atoms with Crippen LogP contribution < -0.4 is 11.1 Å². The number of rotatable bonds is 3. The van der Waals surface area contributed by atoms with Gasteiger partial charge in [-0.3, -0.25) is 0 Å². The molecule has 0 radical (unpaired) electrons. The lowest BCUT2D eigenvalue weighted by Crippen LogP contribution is -2.13. The van der Waals surface area contributed by atoms with E-state index in [2.05, 4.69) is 10.3 Å². The van der Waals surface area contributed by atoms with Gasteiger partial charge in [0.25, 0.3) is 0 Å². The molecule has 0 unspecified atom stereocenters. The van der Waals surface area contributed by atoms with Crippen molar-refractivity contribution in [3.05, 3.63) is 53.7 Å². The fourth-order valence-corrected chi connectivity index (χ4v) is 1.59. The fraction of sp³-hybridized carbons (Fsp3) is 0. The van der Waals surface area contributed by atoms with Crippen LogP contribution in [0.3, 0.4) is 0 Å². The van der Waals surface area contributed by atoms with Crippen LogP contribution in [0.5, 0.6) is 0 Å². The summed E-state index contributed by atoms with van der Waals surface area (Å²) in [5.74, 6) is -1.03. The Labute approximate surface area is 108 Å². The van der Waals surface area contributed by atoms with E-state index in [0.717, 1.165) is 12.1 Å². The van der Waals surface area contributed by atoms with Gasteiger partial charge in [-0.05, 0) is 24.3 Å². The van der Waals surface area contributed by atoms with Crippen LogP contribution in [0.2, 0.25) is 0 Å². The number of nitrogens with two attached hydrogens (primary N) is 1. The minimum absolute atomic E-state index is 0.104. The van der Waals surface area contributed by atoms with Gasteiger partial charge in [0.2, 0.25) is 0 Å². The zero-order chi connectivity index (χ0) is 13.1. The van der Waals surface area contributed by atoms with Crippen LogP contribution in [0, 0.1) is 11.6 Å². The minimum atomic E-state index is -0.713. The largest absolute Gasteiger partial charge is 0.389 e. The van der Waals surface area contributed by atoms with E-state index in [1.807, 2.05) is 0 Å². The van der Waals surface area contributed by atoms with E-state index >= 15 is 0 Å². The molecule has 0 spiro atoms. The quantitative estimate of drug-likeness (QED) is 0.838. The summed E-state index contributed by atoms with van der Waals surface area (Å²) in [7, 11) is 0. The number of benzene rings is 1. The molecular weight excluding hydrogens is 256 g/mol. The van der Waals surface area contributed by atoms with E-state index < -0.39 is 11.6 Å². The molecule has 0 saturated heterocycles. The van der Waals surface area contributed by atoms with Crippen LogP contribution in [0.4, 0.5) is 20.3 Å². The van der Waals surface area contributed by atoms with E-state index in [1.54, 1.807) is 12.1 Å². The van der Waals surface area contributed by atoms with Crippen LogP contribution in [0.15, 0.2) is 36.5 Å². The van der Waals surface area contributed by atoms with E-state index in [4.69, 9.17) is 18.0 Å². The lowest BCUT2D eigenvalue weighted by Gasteiger charge is -2.10.